The Hall–Kier alpha value is -1.61. The van der Waals surface area contributed by atoms with Gasteiger partial charge in [-0.1, -0.05) is 0 Å². The zero-order valence-electron chi connectivity index (χ0n) is 7.80. The van der Waals surface area contributed by atoms with Crippen molar-refractivity contribution in [1.82, 2.24) is 9.55 Å². The van der Waals surface area contributed by atoms with Crippen LogP contribution in [0.15, 0.2) is 42.9 Å². The number of aromatic nitrogens is 2. The van der Waals surface area contributed by atoms with E-state index in [0.717, 1.165) is 12.2 Å². The van der Waals surface area contributed by atoms with Crippen LogP contribution in [0.25, 0.3) is 0 Å². The van der Waals surface area contributed by atoms with Crippen LogP contribution in [0.3, 0.4) is 0 Å². The number of rotatable bonds is 3. The van der Waals surface area contributed by atoms with Crippen molar-refractivity contribution in [3.8, 4) is 0 Å². The molecule has 0 amide bonds. The molecule has 0 radical (unpaired) electrons. The lowest BCUT2D eigenvalue weighted by Crippen LogP contribution is -2.02. The molecule has 2 aromatic heterocycles. The van der Waals surface area contributed by atoms with Gasteiger partial charge in [0.2, 0.25) is 0 Å². The minimum absolute atomic E-state index is 0.0814. The van der Waals surface area contributed by atoms with Crippen LogP contribution in [0.1, 0.15) is 11.3 Å². The van der Waals surface area contributed by atoms with E-state index < -0.39 is 0 Å². The van der Waals surface area contributed by atoms with Gasteiger partial charge in [0.25, 0.3) is 0 Å². The highest BCUT2D eigenvalue weighted by molar-refractivity contribution is 5.14. The van der Waals surface area contributed by atoms with Crippen molar-refractivity contribution in [3.63, 3.8) is 0 Å². The van der Waals surface area contributed by atoms with Crippen molar-refractivity contribution >= 4 is 0 Å². The molecule has 0 fully saturated rings. The van der Waals surface area contributed by atoms with E-state index in [1.165, 1.54) is 5.56 Å². The fraction of sp³-hybridized carbons (Fsp3) is 0.182. The number of hydrogen-bond donors (Lipinski definition) is 1. The molecule has 0 aliphatic carbocycles. The standard InChI is InChI=1S/C11H12N2O/c14-9-11-2-1-7-13(11)8-10-3-5-12-6-4-10/h1-7,14H,8-9H2. The van der Waals surface area contributed by atoms with Crippen LogP contribution in [0.4, 0.5) is 0 Å². The van der Waals surface area contributed by atoms with Crippen molar-refractivity contribution in [2.24, 2.45) is 0 Å². The van der Waals surface area contributed by atoms with Gasteiger partial charge in [-0.2, -0.15) is 0 Å². The number of pyridine rings is 1. The predicted molar refractivity (Wildman–Crippen MR) is 53.7 cm³/mol. The molecule has 14 heavy (non-hydrogen) atoms. The van der Waals surface area contributed by atoms with Crippen molar-refractivity contribution in [2.45, 2.75) is 13.2 Å². The van der Waals surface area contributed by atoms with Crippen LogP contribution in [0, 0.1) is 0 Å². The molecule has 3 heteroatoms. The zero-order chi connectivity index (χ0) is 9.80. The molecule has 3 nitrogen and oxygen atoms in total. The molecule has 0 spiro atoms. The Bertz CT molecular complexity index is 395. The highest BCUT2D eigenvalue weighted by atomic mass is 16.3. The second-order valence-corrected chi connectivity index (χ2v) is 3.14. The molecular formula is C11H12N2O. The van der Waals surface area contributed by atoms with E-state index in [9.17, 15) is 0 Å². The van der Waals surface area contributed by atoms with Gasteiger partial charge >= 0.3 is 0 Å². The van der Waals surface area contributed by atoms with Crippen molar-refractivity contribution in [3.05, 3.63) is 54.1 Å². The molecule has 72 valence electrons. The van der Waals surface area contributed by atoms with Crippen LogP contribution in [-0.2, 0) is 13.2 Å². The maximum atomic E-state index is 9.05. The molecule has 0 aliphatic rings. The fourth-order valence-electron chi connectivity index (χ4n) is 1.43. The highest BCUT2D eigenvalue weighted by Crippen LogP contribution is 2.06. The molecule has 0 saturated carbocycles. The third-order valence-corrected chi connectivity index (χ3v) is 2.19. The summed E-state index contributed by atoms with van der Waals surface area (Å²) in [5.41, 5.74) is 2.12. The summed E-state index contributed by atoms with van der Waals surface area (Å²) in [5.74, 6) is 0. The Morgan fingerprint density at radius 3 is 2.71 bits per heavy atom. The van der Waals surface area contributed by atoms with Gasteiger partial charge in [0.15, 0.2) is 0 Å². The molecule has 0 aromatic carbocycles. The van der Waals surface area contributed by atoms with E-state index >= 15 is 0 Å². The monoisotopic (exact) mass is 188 g/mol. The first-order chi connectivity index (χ1) is 6.90. The topological polar surface area (TPSA) is 38.0 Å². The first kappa shape index (κ1) is 8.97. The fourth-order valence-corrected chi connectivity index (χ4v) is 1.43. The molecule has 0 bridgehead atoms. The molecule has 2 heterocycles. The van der Waals surface area contributed by atoms with Crippen LogP contribution >= 0.6 is 0 Å². The molecule has 0 aliphatic heterocycles. The third kappa shape index (κ3) is 1.83. The maximum Gasteiger partial charge on any atom is 0.0832 e. The molecule has 2 rings (SSSR count). The molecule has 2 aromatic rings. The summed E-state index contributed by atoms with van der Waals surface area (Å²) in [6.45, 7) is 0.865. The lowest BCUT2D eigenvalue weighted by Gasteiger charge is -2.06. The summed E-state index contributed by atoms with van der Waals surface area (Å²) in [7, 11) is 0. The molecule has 0 atom stereocenters. The van der Waals surface area contributed by atoms with Crippen LogP contribution in [0.5, 0.6) is 0 Å². The van der Waals surface area contributed by atoms with E-state index in [0.29, 0.717) is 0 Å². The minimum Gasteiger partial charge on any atom is -0.390 e. The quantitative estimate of drug-likeness (QED) is 0.791. The van der Waals surface area contributed by atoms with Crippen LogP contribution < -0.4 is 0 Å². The summed E-state index contributed by atoms with van der Waals surface area (Å²) in [6, 6.07) is 7.80. The van der Waals surface area contributed by atoms with Crippen molar-refractivity contribution in [1.29, 1.82) is 0 Å². The summed E-state index contributed by atoms with van der Waals surface area (Å²) in [6.07, 6.45) is 5.51. The van der Waals surface area contributed by atoms with Crippen molar-refractivity contribution < 1.29 is 5.11 Å². The smallest absolute Gasteiger partial charge is 0.0832 e. The number of nitrogens with zero attached hydrogens (tertiary/aromatic N) is 2. The van der Waals surface area contributed by atoms with Gasteiger partial charge in [0.1, 0.15) is 0 Å². The molecule has 0 unspecified atom stereocenters. The van der Waals surface area contributed by atoms with Crippen molar-refractivity contribution in [2.75, 3.05) is 0 Å². The van der Waals surface area contributed by atoms with E-state index in [2.05, 4.69) is 4.98 Å². The molecular weight excluding hydrogens is 176 g/mol. The van der Waals surface area contributed by atoms with Gasteiger partial charge in [-0.05, 0) is 29.8 Å². The Morgan fingerprint density at radius 1 is 1.21 bits per heavy atom. The number of aliphatic hydroxyl groups excluding tert-OH is 1. The lowest BCUT2D eigenvalue weighted by molar-refractivity contribution is 0.271. The van der Waals surface area contributed by atoms with E-state index in [4.69, 9.17) is 5.11 Å². The first-order valence-electron chi connectivity index (χ1n) is 4.54. The van der Waals surface area contributed by atoms with E-state index in [1.807, 2.05) is 35.0 Å². The van der Waals surface area contributed by atoms with Crippen LogP contribution in [0.2, 0.25) is 0 Å². The molecule has 0 saturated heterocycles. The summed E-state index contributed by atoms with van der Waals surface area (Å²) < 4.78 is 2.02. The van der Waals surface area contributed by atoms with E-state index in [1.54, 1.807) is 12.4 Å². The zero-order valence-corrected chi connectivity index (χ0v) is 7.80. The number of hydrogen-bond acceptors (Lipinski definition) is 2. The van der Waals surface area contributed by atoms with Gasteiger partial charge in [-0.3, -0.25) is 4.98 Å². The normalized spacial score (nSPS) is 10.4. The predicted octanol–water partition coefficient (Wildman–Crippen LogP) is 1.42. The van der Waals surface area contributed by atoms with Crippen LogP contribution in [-0.4, -0.2) is 14.7 Å². The Balaban J connectivity index is 2.19. The Morgan fingerprint density at radius 2 is 2.00 bits per heavy atom. The second-order valence-electron chi connectivity index (χ2n) is 3.14. The first-order valence-corrected chi connectivity index (χ1v) is 4.54. The van der Waals surface area contributed by atoms with Gasteiger partial charge in [0, 0.05) is 30.8 Å². The minimum atomic E-state index is 0.0814. The Labute approximate surface area is 82.7 Å². The van der Waals surface area contributed by atoms with Gasteiger partial charge in [-0.15, -0.1) is 0 Å². The second kappa shape index (κ2) is 4.07. The summed E-state index contributed by atoms with van der Waals surface area (Å²) in [4.78, 5) is 3.96. The van der Waals surface area contributed by atoms with E-state index in [-0.39, 0.29) is 6.61 Å². The Kier molecular flexibility index (Phi) is 2.60. The number of aliphatic hydroxyl groups is 1. The average molecular weight is 188 g/mol. The summed E-state index contributed by atoms with van der Waals surface area (Å²) >= 11 is 0. The van der Waals surface area contributed by atoms with Gasteiger partial charge < -0.3 is 9.67 Å². The third-order valence-electron chi connectivity index (χ3n) is 2.19. The molecule has 1 N–H and O–H groups in total. The SMILES string of the molecule is OCc1cccn1Cc1ccncc1. The maximum absolute atomic E-state index is 9.05. The highest BCUT2D eigenvalue weighted by Gasteiger charge is 1.99. The average Bonchev–Trinajstić information content (AvgIpc) is 2.67. The summed E-state index contributed by atoms with van der Waals surface area (Å²) in [5, 5.41) is 9.05. The van der Waals surface area contributed by atoms with Gasteiger partial charge in [0.05, 0.1) is 6.61 Å². The largest absolute Gasteiger partial charge is 0.390 e. The lowest BCUT2D eigenvalue weighted by atomic mass is 10.2. The van der Waals surface area contributed by atoms with Gasteiger partial charge in [-0.25, -0.2) is 0 Å².